The molecule has 0 bridgehead atoms. The van der Waals surface area contributed by atoms with E-state index in [9.17, 15) is 0 Å². The molecular formula is C12H21N3O2. The molecule has 0 aliphatic rings. The molecule has 96 valence electrons. The maximum Gasteiger partial charge on any atom is 0.146 e. The molecule has 1 atom stereocenters. The van der Waals surface area contributed by atoms with E-state index in [2.05, 4.69) is 16.8 Å². The molecule has 0 saturated heterocycles. The van der Waals surface area contributed by atoms with Gasteiger partial charge in [0.25, 0.3) is 0 Å². The minimum absolute atomic E-state index is 0.224. The minimum atomic E-state index is 0.224. The highest BCUT2D eigenvalue weighted by Crippen LogP contribution is 2.22. The number of nitrogens with two attached hydrogens (primary N) is 1. The standard InChI is InChI=1S/C12H21N3O2/c1-10(9-17-3)15(7-8-16-2)11-5-4-6-14-12(11)13/h4-6,10H,7-9H2,1-3H3,(H2,13,14). The van der Waals surface area contributed by atoms with Crippen molar-refractivity contribution in [3.63, 3.8) is 0 Å². The van der Waals surface area contributed by atoms with Crippen LogP contribution in [0.15, 0.2) is 18.3 Å². The number of rotatable bonds is 7. The van der Waals surface area contributed by atoms with Crippen molar-refractivity contribution in [1.29, 1.82) is 0 Å². The second kappa shape index (κ2) is 7.09. The normalized spacial score (nSPS) is 12.4. The average molecular weight is 239 g/mol. The number of methoxy groups -OCH3 is 2. The molecule has 0 fully saturated rings. The summed E-state index contributed by atoms with van der Waals surface area (Å²) >= 11 is 0. The zero-order valence-electron chi connectivity index (χ0n) is 10.7. The van der Waals surface area contributed by atoms with Crippen LogP contribution in [0.4, 0.5) is 11.5 Å². The van der Waals surface area contributed by atoms with E-state index in [1.54, 1.807) is 20.4 Å². The zero-order chi connectivity index (χ0) is 12.7. The van der Waals surface area contributed by atoms with Crippen LogP contribution in [-0.2, 0) is 9.47 Å². The summed E-state index contributed by atoms with van der Waals surface area (Å²) in [6.45, 7) is 4.13. The van der Waals surface area contributed by atoms with Gasteiger partial charge in [0.1, 0.15) is 5.82 Å². The van der Waals surface area contributed by atoms with Crippen LogP contribution in [0.1, 0.15) is 6.92 Å². The van der Waals surface area contributed by atoms with E-state index >= 15 is 0 Å². The molecule has 0 aliphatic heterocycles. The number of aromatic nitrogens is 1. The lowest BCUT2D eigenvalue weighted by Crippen LogP contribution is -2.39. The first-order valence-electron chi connectivity index (χ1n) is 5.65. The van der Waals surface area contributed by atoms with Crippen molar-refractivity contribution >= 4 is 11.5 Å². The zero-order valence-corrected chi connectivity index (χ0v) is 10.7. The summed E-state index contributed by atoms with van der Waals surface area (Å²) in [5.41, 5.74) is 6.82. The lowest BCUT2D eigenvalue weighted by atomic mass is 10.2. The predicted molar refractivity (Wildman–Crippen MR) is 69.2 cm³/mol. The summed E-state index contributed by atoms with van der Waals surface area (Å²) in [6, 6.07) is 4.07. The maximum absolute atomic E-state index is 5.89. The number of hydrogen-bond acceptors (Lipinski definition) is 5. The summed E-state index contributed by atoms with van der Waals surface area (Å²) in [4.78, 5) is 6.25. The number of anilines is 2. The Labute approximate surface area is 103 Å². The first kappa shape index (κ1) is 13.7. The second-order valence-electron chi connectivity index (χ2n) is 3.90. The highest BCUT2D eigenvalue weighted by molar-refractivity contribution is 5.63. The number of nitrogen functional groups attached to an aromatic ring is 1. The van der Waals surface area contributed by atoms with E-state index in [-0.39, 0.29) is 6.04 Å². The molecule has 17 heavy (non-hydrogen) atoms. The molecule has 5 nitrogen and oxygen atoms in total. The fourth-order valence-corrected chi connectivity index (χ4v) is 1.75. The molecule has 0 aromatic carbocycles. The van der Waals surface area contributed by atoms with Gasteiger partial charge in [-0.15, -0.1) is 0 Å². The molecule has 1 rings (SSSR count). The Kier molecular flexibility index (Phi) is 5.72. The van der Waals surface area contributed by atoms with Gasteiger partial charge < -0.3 is 20.1 Å². The number of pyridine rings is 1. The summed E-state index contributed by atoms with van der Waals surface area (Å²) in [7, 11) is 3.38. The van der Waals surface area contributed by atoms with Crippen LogP contribution < -0.4 is 10.6 Å². The molecule has 0 amide bonds. The lowest BCUT2D eigenvalue weighted by molar-refractivity contribution is 0.171. The van der Waals surface area contributed by atoms with Gasteiger partial charge in [-0.2, -0.15) is 0 Å². The van der Waals surface area contributed by atoms with Crippen molar-refractivity contribution in [3.05, 3.63) is 18.3 Å². The van der Waals surface area contributed by atoms with Gasteiger partial charge in [-0.1, -0.05) is 0 Å². The smallest absolute Gasteiger partial charge is 0.146 e. The number of nitrogens with zero attached hydrogens (tertiary/aromatic N) is 2. The summed E-state index contributed by atoms with van der Waals surface area (Å²) in [5.74, 6) is 0.534. The molecule has 1 unspecified atom stereocenters. The van der Waals surface area contributed by atoms with Crippen LogP contribution in [0, 0.1) is 0 Å². The molecule has 1 heterocycles. The van der Waals surface area contributed by atoms with Crippen LogP contribution in [0.25, 0.3) is 0 Å². The van der Waals surface area contributed by atoms with Gasteiger partial charge in [0.2, 0.25) is 0 Å². The Balaban J connectivity index is 2.85. The van der Waals surface area contributed by atoms with Crippen LogP contribution in [-0.4, -0.2) is 45.0 Å². The first-order chi connectivity index (χ1) is 8.20. The maximum atomic E-state index is 5.89. The summed E-state index contributed by atoms with van der Waals surface area (Å²) < 4.78 is 10.3. The topological polar surface area (TPSA) is 60.6 Å². The number of ether oxygens (including phenoxy) is 2. The van der Waals surface area contributed by atoms with Gasteiger partial charge in [-0.05, 0) is 19.1 Å². The highest BCUT2D eigenvalue weighted by atomic mass is 16.5. The lowest BCUT2D eigenvalue weighted by Gasteiger charge is -2.31. The van der Waals surface area contributed by atoms with Gasteiger partial charge >= 0.3 is 0 Å². The fraction of sp³-hybridized carbons (Fsp3) is 0.583. The highest BCUT2D eigenvalue weighted by Gasteiger charge is 2.16. The van der Waals surface area contributed by atoms with Crippen LogP contribution >= 0.6 is 0 Å². The molecule has 0 radical (unpaired) electrons. The predicted octanol–water partition coefficient (Wildman–Crippen LogP) is 1.15. The first-order valence-corrected chi connectivity index (χ1v) is 5.65. The Morgan fingerprint density at radius 2 is 2.18 bits per heavy atom. The molecule has 0 spiro atoms. The van der Waals surface area contributed by atoms with E-state index in [1.165, 1.54) is 0 Å². The van der Waals surface area contributed by atoms with Gasteiger partial charge in [0, 0.05) is 33.0 Å². The summed E-state index contributed by atoms with van der Waals surface area (Å²) in [6.07, 6.45) is 1.69. The van der Waals surface area contributed by atoms with Gasteiger partial charge in [0.05, 0.1) is 18.9 Å². The van der Waals surface area contributed by atoms with Crippen molar-refractivity contribution in [1.82, 2.24) is 4.98 Å². The summed E-state index contributed by atoms with van der Waals surface area (Å²) in [5, 5.41) is 0. The molecule has 0 saturated carbocycles. The van der Waals surface area contributed by atoms with Crippen molar-refractivity contribution in [2.45, 2.75) is 13.0 Å². The average Bonchev–Trinajstić information content (AvgIpc) is 2.32. The van der Waals surface area contributed by atoms with Gasteiger partial charge in [0.15, 0.2) is 0 Å². The molecule has 2 N–H and O–H groups in total. The van der Waals surface area contributed by atoms with E-state index < -0.39 is 0 Å². The van der Waals surface area contributed by atoms with Crippen LogP contribution in [0.2, 0.25) is 0 Å². The fourth-order valence-electron chi connectivity index (χ4n) is 1.75. The SMILES string of the molecule is COCCN(c1cccnc1N)C(C)COC. The van der Waals surface area contributed by atoms with Crippen molar-refractivity contribution < 1.29 is 9.47 Å². The molecule has 0 aliphatic carbocycles. The Morgan fingerprint density at radius 3 is 2.76 bits per heavy atom. The Hall–Kier alpha value is -1.33. The minimum Gasteiger partial charge on any atom is -0.383 e. The van der Waals surface area contributed by atoms with Gasteiger partial charge in [-0.25, -0.2) is 4.98 Å². The quantitative estimate of drug-likeness (QED) is 0.773. The monoisotopic (exact) mass is 239 g/mol. The Morgan fingerprint density at radius 1 is 1.41 bits per heavy atom. The molecule has 1 aromatic rings. The third-order valence-corrected chi connectivity index (χ3v) is 2.60. The van der Waals surface area contributed by atoms with Crippen molar-refractivity contribution in [3.8, 4) is 0 Å². The van der Waals surface area contributed by atoms with Crippen LogP contribution in [0.3, 0.4) is 0 Å². The Bertz CT molecular complexity index is 333. The van der Waals surface area contributed by atoms with E-state index in [4.69, 9.17) is 15.2 Å². The molecule has 5 heteroatoms. The largest absolute Gasteiger partial charge is 0.383 e. The van der Waals surface area contributed by atoms with Crippen molar-refractivity contribution in [2.24, 2.45) is 0 Å². The van der Waals surface area contributed by atoms with E-state index in [1.807, 2.05) is 12.1 Å². The van der Waals surface area contributed by atoms with E-state index in [0.717, 1.165) is 12.2 Å². The third kappa shape index (κ3) is 3.87. The van der Waals surface area contributed by atoms with Crippen molar-refractivity contribution in [2.75, 3.05) is 44.6 Å². The van der Waals surface area contributed by atoms with Gasteiger partial charge in [-0.3, -0.25) is 0 Å². The molecule has 1 aromatic heterocycles. The number of hydrogen-bond donors (Lipinski definition) is 1. The molecular weight excluding hydrogens is 218 g/mol. The van der Waals surface area contributed by atoms with E-state index in [0.29, 0.717) is 19.0 Å². The van der Waals surface area contributed by atoms with Crippen LogP contribution in [0.5, 0.6) is 0 Å². The second-order valence-corrected chi connectivity index (χ2v) is 3.90. The third-order valence-electron chi connectivity index (χ3n) is 2.60.